The third kappa shape index (κ3) is 4.46. The summed E-state index contributed by atoms with van der Waals surface area (Å²) < 4.78 is 0.393. The first-order chi connectivity index (χ1) is 16.5. The van der Waals surface area contributed by atoms with E-state index in [0.29, 0.717) is 31.2 Å². The van der Waals surface area contributed by atoms with E-state index in [2.05, 4.69) is 10.2 Å². The third-order valence-electron chi connectivity index (χ3n) is 5.20. The van der Waals surface area contributed by atoms with E-state index in [-0.39, 0.29) is 11.7 Å². The molecule has 0 saturated carbocycles. The van der Waals surface area contributed by atoms with Gasteiger partial charge in [0.25, 0.3) is 5.91 Å². The molecule has 1 fully saturated rings. The van der Waals surface area contributed by atoms with Gasteiger partial charge in [-0.15, -0.1) is 5.11 Å². The van der Waals surface area contributed by atoms with Gasteiger partial charge < -0.3 is 5.11 Å². The van der Waals surface area contributed by atoms with Crippen LogP contribution in [0.25, 0.3) is 16.8 Å². The van der Waals surface area contributed by atoms with Crippen molar-refractivity contribution in [2.75, 3.05) is 4.90 Å². The summed E-state index contributed by atoms with van der Waals surface area (Å²) in [5, 5.41) is 21.7. The minimum atomic E-state index is -0.278. The number of hydrogen-bond acceptors (Lipinski definition) is 6. The highest BCUT2D eigenvalue weighted by molar-refractivity contribution is 8.27. The minimum Gasteiger partial charge on any atom is -0.507 e. The van der Waals surface area contributed by atoms with Gasteiger partial charge in [-0.2, -0.15) is 5.11 Å². The van der Waals surface area contributed by atoms with Gasteiger partial charge in [0, 0.05) is 16.0 Å². The number of benzene rings is 4. The van der Waals surface area contributed by atoms with Crippen LogP contribution in [0.15, 0.2) is 100 Å². The fourth-order valence-electron chi connectivity index (χ4n) is 3.57. The summed E-state index contributed by atoms with van der Waals surface area (Å²) in [5.74, 6) is -0.253. The summed E-state index contributed by atoms with van der Waals surface area (Å²) in [6, 6.07) is 25.6. The first-order valence-corrected chi connectivity index (χ1v) is 11.9. The van der Waals surface area contributed by atoms with Gasteiger partial charge >= 0.3 is 0 Å². The van der Waals surface area contributed by atoms with Crippen molar-refractivity contribution in [1.29, 1.82) is 0 Å². The highest BCUT2D eigenvalue weighted by atomic mass is 35.5. The number of carbonyl (C=O) groups excluding carboxylic acids is 1. The molecule has 1 saturated heterocycles. The second kappa shape index (κ2) is 9.38. The van der Waals surface area contributed by atoms with E-state index in [0.717, 1.165) is 28.2 Å². The maximum absolute atomic E-state index is 13.0. The molecular weight excluding hydrogens is 486 g/mol. The van der Waals surface area contributed by atoms with Crippen LogP contribution in [0, 0.1) is 0 Å². The Bertz CT molecular complexity index is 1510. The van der Waals surface area contributed by atoms with Crippen molar-refractivity contribution < 1.29 is 9.90 Å². The molecule has 0 atom stereocenters. The molecule has 5 nitrogen and oxygen atoms in total. The van der Waals surface area contributed by atoms with Crippen molar-refractivity contribution in [1.82, 2.24) is 0 Å². The predicted octanol–water partition coefficient (Wildman–Crippen LogP) is 8.02. The van der Waals surface area contributed by atoms with E-state index in [9.17, 15) is 9.90 Å². The number of azo groups is 1. The summed E-state index contributed by atoms with van der Waals surface area (Å²) in [7, 11) is 0. The smallest absolute Gasteiger partial charge is 0.270 e. The maximum Gasteiger partial charge on any atom is 0.270 e. The number of rotatable bonds is 4. The molecule has 4 aromatic rings. The van der Waals surface area contributed by atoms with Crippen molar-refractivity contribution in [2.45, 2.75) is 0 Å². The molecule has 1 amide bonds. The first-order valence-electron chi connectivity index (χ1n) is 10.3. The Morgan fingerprint density at radius 1 is 0.941 bits per heavy atom. The average Bonchev–Trinajstić information content (AvgIpc) is 3.12. The highest BCUT2D eigenvalue weighted by Gasteiger charge is 2.33. The van der Waals surface area contributed by atoms with Crippen LogP contribution in [0.4, 0.5) is 17.1 Å². The Kier molecular flexibility index (Phi) is 6.15. The molecule has 1 aliphatic rings. The fraction of sp³-hybridized carbons (Fsp3) is 0. The largest absolute Gasteiger partial charge is 0.507 e. The first kappa shape index (κ1) is 22.3. The monoisotopic (exact) mass is 501 g/mol. The topological polar surface area (TPSA) is 65.3 Å². The van der Waals surface area contributed by atoms with Gasteiger partial charge in [-0.25, -0.2) is 0 Å². The van der Waals surface area contributed by atoms with Crippen LogP contribution < -0.4 is 4.90 Å². The zero-order valence-electron chi connectivity index (χ0n) is 17.6. The second-order valence-electron chi connectivity index (χ2n) is 7.44. The van der Waals surface area contributed by atoms with E-state index >= 15 is 0 Å². The third-order valence-corrected chi connectivity index (χ3v) is 6.73. The van der Waals surface area contributed by atoms with Crippen LogP contribution in [0.1, 0.15) is 5.56 Å². The molecule has 0 spiro atoms. The van der Waals surface area contributed by atoms with Crippen LogP contribution in [-0.2, 0) is 4.79 Å². The normalized spacial score (nSPS) is 15.2. The Labute approximate surface area is 210 Å². The van der Waals surface area contributed by atoms with Gasteiger partial charge in [0.2, 0.25) is 0 Å². The summed E-state index contributed by atoms with van der Waals surface area (Å²) >= 11 is 12.7. The lowest BCUT2D eigenvalue weighted by Crippen LogP contribution is -2.27. The van der Waals surface area contributed by atoms with Gasteiger partial charge in [-0.1, -0.05) is 78.0 Å². The summed E-state index contributed by atoms with van der Waals surface area (Å²) in [5.41, 5.74) is 2.33. The second-order valence-corrected chi connectivity index (χ2v) is 9.55. The number of amides is 1. The van der Waals surface area contributed by atoms with Gasteiger partial charge in [0.05, 0.1) is 22.0 Å². The summed E-state index contributed by atoms with van der Waals surface area (Å²) in [6.07, 6.45) is 1.61. The average molecular weight is 502 g/mol. The standard InChI is InChI=1S/C26H16ClN3O2S2/c27-18-7-4-8-20(15-18)30-25(32)24(34-26(30)33)14-17-13-19(11-12-23(17)31)28-29-22-10-3-6-16-5-1-2-9-21(16)22/h1-15,31H/b24-14-,29-28?. The number of phenols is 1. The molecule has 0 aromatic heterocycles. The molecule has 0 aliphatic carbocycles. The number of phenolic OH excluding ortho intramolecular Hbond substituents is 1. The van der Waals surface area contributed by atoms with Crippen molar-refractivity contribution in [3.8, 4) is 5.75 Å². The summed E-state index contributed by atoms with van der Waals surface area (Å²) in [6.45, 7) is 0. The quantitative estimate of drug-likeness (QED) is 0.175. The Morgan fingerprint density at radius 3 is 2.59 bits per heavy atom. The number of anilines is 1. The molecule has 1 N–H and O–H groups in total. The number of thioether (sulfide) groups is 1. The van der Waals surface area contributed by atoms with Gasteiger partial charge in [-0.05, 0) is 53.9 Å². The zero-order valence-corrected chi connectivity index (χ0v) is 19.9. The highest BCUT2D eigenvalue weighted by Crippen LogP contribution is 2.38. The van der Waals surface area contributed by atoms with Crippen molar-refractivity contribution >= 4 is 79.7 Å². The Balaban J connectivity index is 1.45. The van der Waals surface area contributed by atoms with Crippen molar-refractivity contribution in [3.05, 3.63) is 100 Å². The van der Waals surface area contributed by atoms with Crippen LogP contribution in [0.5, 0.6) is 5.75 Å². The van der Waals surface area contributed by atoms with Crippen LogP contribution in [-0.4, -0.2) is 15.3 Å². The van der Waals surface area contributed by atoms with Crippen LogP contribution in [0.2, 0.25) is 5.02 Å². The summed E-state index contributed by atoms with van der Waals surface area (Å²) in [4.78, 5) is 14.9. The molecule has 4 aromatic carbocycles. The number of fused-ring (bicyclic) bond motifs is 1. The SMILES string of the molecule is O=C1/C(=C/c2cc(N=Nc3cccc4ccccc34)ccc2O)SC(=S)N1c1cccc(Cl)c1. The minimum absolute atomic E-state index is 0.0251. The lowest BCUT2D eigenvalue weighted by Gasteiger charge is -2.14. The lowest BCUT2D eigenvalue weighted by atomic mass is 10.1. The molecule has 5 rings (SSSR count). The number of aromatic hydroxyl groups is 1. The number of nitrogens with zero attached hydrogens (tertiary/aromatic N) is 3. The predicted molar refractivity (Wildman–Crippen MR) is 143 cm³/mol. The van der Waals surface area contributed by atoms with Gasteiger partial charge in [0.15, 0.2) is 4.32 Å². The molecule has 34 heavy (non-hydrogen) atoms. The molecule has 166 valence electrons. The Morgan fingerprint density at radius 2 is 1.74 bits per heavy atom. The van der Waals surface area contributed by atoms with E-state index in [4.69, 9.17) is 23.8 Å². The molecule has 1 heterocycles. The van der Waals surface area contributed by atoms with Gasteiger partial charge in [-0.3, -0.25) is 9.69 Å². The van der Waals surface area contributed by atoms with E-state index in [1.807, 2.05) is 42.5 Å². The molecular formula is C26H16ClN3O2S2. The van der Waals surface area contributed by atoms with Gasteiger partial charge in [0.1, 0.15) is 5.75 Å². The number of thiocarbonyl (C=S) groups is 1. The maximum atomic E-state index is 13.0. The molecule has 1 aliphatic heterocycles. The zero-order chi connectivity index (χ0) is 23.7. The molecule has 0 unspecified atom stereocenters. The van der Waals surface area contributed by atoms with Crippen molar-refractivity contribution in [2.24, 2.45) is 10.2 Å². The lowest BCUT2D eigenvalue weighted by molar-refractivity contribution is -0.113. The van der Waals surface area contributed by atoms with Crippen molar-refractivity contribution in [3.63, 3.8) is 0 Å². The Hall–Kier alpha value is -3.52. The van der Waals surface area contributed by atoms with Crippen LogP contribution in [0.3, 0.4) is 0 Å². The number of halogens is 1. The van der Waals surface area contributed by atoms with E-state index < -0.39 is 0 Å². The number of hydrogen-bond donors (Lipinski definition) is 1. The molecule has 8 heteroatoms. The van der Waals surface area contributed by atoms with E-state index in [1.54, 1.807) is 42.5 Å². The molecule has 0 radical (unpaired) electrons. The fourth-order valence-corrected chi connectivity index (χ4v) is 5.05. The van der Waals surface area contributed by atoms with E-state index in [1.165, 1.54) is 11.0 Å². The number of carbonyl (C=O) groups is 1. The molecule has 0 bridgehead atoms. The van der Waals surface area contributed by atoms with Crippen LogP contribution >= 0.6 is 35.6 Å².